The fraction of sp³-hybridized carbons (Fsp3) is 0.556. The lowest BCUT2D eigenvalue weighted by Crippen LogP contribution is -2.25. The van der Waals surface area contributed by atoms with E-state index < -0.39 is 0 Å². The molecule has 0 aliphatic carbocycles. The summed E-state index contributed by atoms with van der Waals surface area (Å²) in [5, 5.41) is 1.35. The molecule has 1 aromatic heterocycles. The zero-order valence-electron chi connectivity index (χ0n) is 13.1. The predicted molar refractivity (Wildman–Crippen MR) is 89.2 cm³/mol. The van der Waals surface area contributed by atoms with Gasteiger partial charge in [0, 0.05) is 30.8 Å². The van der Waals surface area contributed by atoms with Crippen molar-refractivity contribution in [2.24, 2.45) is 5.73 Å². The zero-order chi connectivity index (χ0) is 14.7. The predicted octanol–water partition coefficient (Wildman–Crippen LogP) is 3.50. The summed E-state index contributed by atoms with van der Waals surface area (Å²) >= 11 is 0. The molecule has 21 heavy (non-hydrogen) atoms. The molecule has 1 aromatic carbocycles. The first-order valence-electron chi connectivity index (χ1n) is 8.35. The van der Waals surface area contributed by atoms with Crippen molar-refractivity contribution < 1.29 is 0 Å². The molecular formula is C18H27N3. The van der Waals surface area contributed by atoms with Gasteiger partial charge in [-0.15, -0.1) is 0 Å². The highest BCUT2D eigenvalue weighted by Crippen LogP contribution is 2.23. The molecule has 1 aliphatic rings. The number of rotatable bonds is 4. The Balaban J connectivity index is 1.90. The molecule has 3 heteroatoms. The monoisotopic (exact) mass is 285 g/mol. The van der Waals surface area contributed by atoms with Gasteiger partial charge in [0.15, 0.2) is 0 Å². The number of hydrogen-bond donors (Lipinski definition) is 1. The van der Waals surface area contributed by atoms with Crippen LogP contribution in [0.4, 0.5) is 0 Å². The van der Waals surface area contributed by atoms with Gasteiger partial charge >= 0.3 is 0 Å². The Kier molecular flexibility index (Phi) is 4.61. The van der Waals surface area contributed by atoms with Crippen LogP contribution in [0.5, 0.6) is 0 Å². The summed E-state index contributed by atoms with van der Waals surface area (Å²) in [5.74, 6) is 0. The first kappa shape index (κ1) is 14.6. The van der Waals surface area contributed by atoms with Crippen molar-refractivity contribution in [3.05, 3.63) is 35.5 Å². The van der Waals surface area contributed by atoms with Gasteiger partial charge in [0.2, 0.25) is 0 Å². The van der Waals surface area contributed by atoms with Crippen LogP contribution in [0.25, 0.3) is 10.9 Å². The Morgan fingerprint density at radius 3 is 2.48 bits per heavy atom. The molecule has 1 fully saturated rings. The Bertz CT molecular complexity index is 592. The van der Waals surface area contributed by atoms with E-state index in [2.05, 4.69) is 40.7 Å². The fourth-order valence-corrected chi connectivity index (χ4v) is 3.51. The summed E-state index contributed by atoms with van der Waals surface area (Å²) in [6, 6.07) is 8.99. The van der Waals surface area contributed by atoms with E-state index in [-0.39, 0.29) is 0 Å². The molecule has 1 saturated heterocycles. The molecule has 0 atom stereocenters. The van der Waals surface area contributed by atoms with Crippen molar-refractivity contribution in [3.63, 3.8) is 0 Å². The van der Waals surface area contributed by atoms with Crippen LogP contribution in [-0.2, 0) is 19.6 Å². The highest BCUT2D eigenvalue weighted by Gasteiger charge is 2.14. The average Bonchev–Trinajstić information content (AvgIpc) is 2.66. The molecule has 1 aliphatic heterocycles. The molecule has 0 unspecified atom stereocenters. The number of likely N-dealkylation sites (tertiary alicyclic amines) is 1. The number of benzene rings is 1. The molecule has 0 bridgehead atoms. The van der Waals surface area contributed by atoms with Crippen molar-refractivity contribution >= 4 is 10.9 Å². The minimum atomic E-state index is 0.617. The summed E-state index contributed by atoms with van der Waals surface area (Å²) in [4.78, 5) is 2.62. The molecule has 0 amide bonds. The normalized spacial score (nSPS) is 17.2. The van der Waals surface area contributed by atoms with Crippen LogP contribution >= 0.6 is 0 Å². The van der Waals surface area contributed by atoms with Crippen LogP contribution in [-0.4, -0.2) is 22.6 Å². The van der Waals surface area contributed by atoms with E-state index in [9.17, 15) is 0 Å². The van der Waals surface area contributed by atoms with Gasteiger partial charge in [-0.1, -0.05) is 25.0 Å². The zero-order valence-corrected chi connectivity index (χ0v) is 13.1. The smallest absolute Gasteiger partial charge is 0.0486 e. The first-order valence-corrected chi connectivity index (χ1v) is 8.35. The van der Waals surface area contributed by atoms with E-state index in [1.54, 1.807) is 0 Å². The van der Waals surface area contributed by atoms with Gasteiger partial charge < -0.3 is 10.3 Å². The van der Waals surface area contributed by atoms with Crippen molar-refractivity contribution in [3.8, 4) is 0 Å². The van der Waals surface area contributed by atoms with E-state index in [0.717, 1.165) is 13.1 Å². The second-order valence-corrected chi connectivity index (χ2v) is 6.17. The molecule has 2 aromatic rings. The summed E-state index contributed by atoms with van der Waals surface area (Å²) < 4.78 is 2.46. The van der Waals surface area contributed by atoms with Crippen molar-refractivity contribution in [2.75, 3.05) is 13.1 Å². The largest absolute Gasteiger partial charge is 0.344 e. The lowest BCUT2D eigenvalue weighted by molar-refractivity contribution is 0.270. The van der Waals surface area contributed by atoms with Crippen molar-refractivity contribution in [1.29, 1.82) is 0 Å². The summed E-state index contributed by atoms with van der Waals surface area (Å²) in [7, 11) is 0. The maximum Gasteiger partial charge on any atom is 0.0486 e. The first-order chi connectivity index (χ1) is 10.3. The second-order valence-electron chi connectivity index (χ2n) is 6.17. The van der Waals surface area contributed by atoms with E-state index in [1.807, 2.05) is 0 Å². The highest BCUT2D eigenvalue weighted by atomic mass is 15.1. The maximum atomic E-state index is 5.79. The molecule has 2 heterocycles. The number of aromatic nitrogens is 1. The van der Waals surface area contributed by atoms with Crippen LogP contribution in [0.15, 0.2) is 24.3 Å². The van der Waals surface area contributed by atoms with Crippen LogP contribution in [0.1, 0.15) is 43.9 Å². The molecule has 0 radical (unpaired) electrons. The van der Waals surface area contributed by atoms with E-state index in [1.165, 1.54) is 60.9 Å². The van der Waals surface area contributed by atoms with E-state index >= 15 is 0 Å². The molecule has 2 N–H and O–H groups in total. The lowest BCUT2D eigenvalue weighted by Gasteiger charge is -2.20. The molecular weight excluding hydrogens is 258 g/mol. The van der Waals surface area contributed by atoms with E-state index in [4.69, 9.17) is 5.73 Å². The van der Waals surface area contributed by atoms with Gasteiger partial charge in [0.25, 0.3) is 0 Å². The third-order valence-corrected chi connectivity index (χ3v) is 4.69. The van der Waals surface area contributed by atoms with Gasteiger partial charge in [-0.25, -0.2) is 0 Å². The molecule has 3 rings (SSSR count). The summed E-state index contributed by atoms with van der Waals surface area (Å²) in [6.07, 6.45) is 5.49. The fourth-order valence-electron chi connectivity index (χ4n) is 3.51. The lowest BCUT2D eigenvalue weighted by atomic mass is 10.1. The Labute approximate surface area is 127 Å². The molecule has 0 saturated carbocycles. The van der Waals surface area contributed by atoms with Crippen molar-refractivity contribution in [1.82, 2.24) is 9.47 Å². The molecule has 3 nitrogen and oxygen atoms in total. The molecule has 114 valence electrons. The van der Waals surface area contributed by atoms with Gasteiger partial charge in [0.05, 0.1) is 0 Å². The summed E-state index contributed by atoms with van der Waals surface area (Å²) in [6.45, 7) is 7.46. The van der Waals surface area contributed by atoms with Crippen LogP contribution in [0, 0.1) is 0 Å². The third kappa shape index (κ3) is 3.14. The van der Waals surface area contributed by atoms with Crippen molar-refractivity contribution in [2.45, 2.75) is 52.2 Å². The topological polar surface area (TPSA) is 34.2 Å². The minimum Gasteiger partial charge on any atom is -0.344 e. The van der Waals surface area contributed by atoms with Gasteiger partial charge in [0.1, 0.15) is 0 Å². The van der Waals surface area contributed by atoms with Gasteiger partial charge in [-0.2, -0.15) is 0 Å². The number of fused-ring (bicyclic) bond motifs is 1. The van der Waals surface area contributed by atoms with Crippen LogP contribution in [0.3, 0.4) is 0 Å². The van der Waals surface area contributed by atoms with Crippen LogP contribution in [0.2, 0.25) is 0 Å². The quantitative estimate of drug-likeness (QED) is 0.933. The maximum absolute atomic E-state index is 5.79. The Morgan fingerprint density at radius 1 is 1.05 bits per heavy atom. The van der Waals surface area contributed by atoms with Gasteiger partial charge in [-0.3, -0.25) is 4.90 Å². The van der Waals surface area contributed by atoms with E-state index in [0.29, 0.717) is 6.54 Å². The Hall–Kier alpha value is -1.32. The average molecular weight is 285 g/mol. The Morgan fingerprint density at radius 2 is 1.81 bits per heavy atom. The summed E-state index contributed by atoms with van der Waals surface area (Å²) in [5.41, 5.74) is 9.79. The minimum absolute atomic E-state index is 0.617. The van der Waals surface area contributed by atoms with Gasteiger partial charge in [-0.05, 0) is 55.9 Å². The SMILES string of the molecule is CCn1c(CN2CCCCCC2)cc2ccc(CN)cc21. The molecule has 0 spiro atoms. The third-order valence-electron chi connectivity index (χ3n) is 4.69. The number of aryl methyl sites for hydroxylation is 1. The van der Waals surface area contributed by atoms with Crippen LogP contribution < -0.4 is 5.73 Å². The second kappa shape index (κ2) is 6.63. The number of hydrogen-bond acceptors (Lipinski definition) is 2. The highest BCUT2D eigenvalue weighted by molar-refractivity contribution is 5.82. The number of nitrogens with two attached hydrogens (primary N) is 1. The number of nitrogens with zero attached hydrogens (tertiary/aromatic N) is 2. The standard InChI is InChI=1S/C18H27N3/c1-2-21-17(14-20-9-5-3-4-6-10-20)12-16-8-7-15(13-19)11-18(16)21/h7-8,11-12H,2-6,9-10,13-14,19H2,1H3.